The van der Waals surface area contributed by atoms with Gasteiger partial charge in [-0.15, -0.1) is 0 Å². The molecule has 1 heterocycles. The maximum absolute atomic E-state index is 9.47. The monoisotopic (exact) mass is 208 g/mol. The lowest BCUT2D eigenvalue weighted by Gasteiger charge is -2.33. The molecule has 84 valence electrons. The molecule has 0 radical (unpaired) electrons. The van der Waals surface area contributed by atoms with Crippen molar-refractivity contribution in [1.29, 1.82) is 0 Å². The van der Waals surface area contributed by atoms with Gasteiger partial charge in [0.15, 0.2) is 0 Å². The number of ether oxygens (including phenoxy) is 1. The van der Waals surface area contributed by atoms with Gasteiger partial charge in [-0.3, -0.25) is 0 Å². The van der Waals surface area contributed by atoms with E-state index in [9.17, 15) is 20.4 Å². The molecule has 6 nitrogen and oxygen atoms in total. The Balaban J connectivity index is 2.67. The second-order valence-corrected chi connectivity index (χ2v) is 3.52. The van der Waals surface area contributed by atoms with Crippen LogP contribution in [0.2, 0.25) is 0 Å². The highest BCUT2D eigenvalue weighted by molar-refractivity contribution is 4.86. The predicted octanol–water partition coefficient (Wildman–Crippen LogP) is -2.93. The van der Waals surface area contributed by atoms with Gasteiger partial charge in [0.1, 0.15) is 18.3 Å². The highest BCUT2D eigenvalue weighted by atomic mass is 16.5. The molecule has 1 aliphatic heterocycles. The van der Waals surface area contributed by atoms with E-state index in [1.165, 1.54) is 0 Å². The van der Waals surface area contributed by atoms with E-state index < -0.39 is 30.3 Å². The van der Waals surface area contributed by atoms with Crippen molar-refractivity contribution >= 4 is 0 Å². The van der Waals surface area contributed by atoms with Crippen LogP contribution in [-0.4, -0.2) is 69.8 Å². The lowest BCUT2D eigenvalue weighted by Crippen LogP contribution is -2.52. The molecule has 1 aliphatic rings. The first-order valence-electron chi connectivity index (χ1n) is 4.48. The molecule has 14 heavy (non-hydrogen) atoms. The van der Waals surface area contributed by atoms with Crippen LogP contribution in [0.4, 0.5) is 0 Å². The van der Waals surface area contributed by atoms with Gasteiger partial charge in [0.05, 0.1) is 25.9 Å². The van der Waals surface area contributed by atoms with Gasteiger partial charge < -0.3 is 30.3 Å². The van der Waals surface area contributed by atoms with Crippen molar-refractivity contribution in [3.05, 3.63) is 0 Å². The predicted molar refractivity (Wildman–Crippen MR) is 45.4 cm³/mol. The average Bonchev–Trinajstić information content (AvgIpc) is 2.20. The molecule has 5 N–H and O–H groups in total. The number of rotatable bonds is 1. The summed E-state index contributed by atoms with van der Waals surface area (Å²) in [6, 6.07) is 0. The molecule has 0 aliphatic carbocycles. The van der Waals surface area contributed by atoms with Crippen molar-refractivity contribution in [3.63, 3.8) is 0 Å². The van der Waals surface area contributed by atoms with Gasteiger partial charge >= 0.3 is 0 Å². The van der Waals surface area contributed by atoms with Crippen LogP contribution < -0.4 is 0 Å². The van der Waals surface area contributed by atoms with Crippen molar-refractivity contribution in [2.75, 3.05) is 19.8 Å². The molecule has 0 bridgehead atoms. The highest BCUT2D eigenvalue weighted by Gasteiger charge is 2.36. The minimum atomic E-state index is -1.47. The Hall–Kier alpha value is -0.240. The summed E-state index contributed by atoms with van der Waals surface area (Å²) in [6.07, 6.45) is -5.45. The van der Waals surface area contributed by atoms with Crippen LogP contribution in [0.5, 0.6) is 0 Å². The zero-order valence-corrected chi connectivity index (χ0v) is 7.65. The van der Waals surface area contributed by atoms with Gasteiger partial charge in [-0.1, -0.05) is 0 Å². The van der Waals surface area contributed by atoms with E-state index in [4.69, 9.17) is 9.84 Å². The van der Waals surface area contributed by atoms with Gasteiger partial charge in [0, 0.05) is 5.92 Å². The molecule has 1 saturated heterocycles. The van der Waals surface area contributed by atoms with Crippen LogP contribution in [-0.2, 0) is 4.74 Å². The third-order valence-electron chi connectivity index (χ3n) is 2.43. The Labute approximate surface area is 81.4 Å². The fourth-order valence-electron chi connectivity index (χ4n) is 1.41. The third kappa shape index (κ3) is 2.41. The Morgan fingerprint density at radius 3 is 2.14 bits per heavy atom. The maximum Gasteiger partial charge on any atom is 0.111 e. The quantitative estimate of drug-likeness (QED) is 0.315. The Morgan fingerprint density at radius 2 is 1.57 bits per heavy atom. The summed E-state index contributed by atoms with van der Waals surface area (Å²) in [5.74, 6) is -0.646. The normalized spacial score (nSPS) is 45.6. The Morgan fingerprint density at radius 1 is 0.929 bits per heavy atom. The molecule has 0 aromatic rings. The smallest absolute Gasteiger partial charge is 0.111 e. The summed E-state index contributed by atoms with van der Waals surface area (Å²) < 4.78 is 4.94. The number of hydrogen-bond acceptors (Lipinski definition) is 6. The molecule has 0 unspecified atom stereocenters. The molecule has 0 spiro atoms. The second kappa shape index (κ2) is 5.01. The first kappa shape index (κ1) is 11.8. The molecule has 1 rings (SSSR count). The van der Waals surface area contributed by atoms with Gasteiger partial charge in [-0.2, -0.15) is 0 Å². The van der Waals surface area contributed by atoms with E-state index in [1.54, 1.807) is 0 Å². The number of aliphatic hydroxyl groups excluding tert-OH is 5. The van der Waals surface area contributed by atoms with Crippen LogP contribution in [0.1, 0.15) is 0 Å². The van der Waals surface area contributed by atoms with Gasteiger partial charge in [0.2, 0.25) is 0 Å². The van der Waals surface area contributed by atoms with Crippen molar-refractivity contribution < 1.29 is 30.3 Å². The topological polar surface area (TPSA) is 110 Å². The van der Waals surface area contributed by atoms with E-state index >= 15 is 0 Å². The molecule has 0 aromatic heterocycles. The molecular formula is C8H16O6. The SMILES string of the molecule is OC[C@@H]1COC[C@H](O)[C@H](O)[C@H](O)[C@@H]1O. The van der Waals surface area contributed by atoms with Gasteiger partial charge in [-0.05, 0) is 0 Å². The minimum Gasteiger partial charge on any atom is -0.396 e. The summed E-state index contributed by atoms with van der Waals surface area (Å²) in [4.78, 5) is 0. The molecular weight excluding hydrogens is 192 g/mol. The fourth-order valence-corrected chi connectivity index (χ4v) is 1.41. The van der Waals surface area contributed by atoms with E-state index in [-0.39, 0.29) is 19.8 Å². The van der Waals surface area contributed by atoms with Crippen molar-refractivity contribution in [1.82, 2.24) is 0 Å². The lowest BCUT2D eigenvalue weighted by atomic mass is 9.93. The van der Waals surface area contributed by atoms with Crippen LogP contribution in [0.25, 0.3) is 0 Å². The molecule has 0 aromatic carbocycles. The van der Waals surface area contributed by atoms with Crippen LogP contribution in [0.3, 0.4) is 0 Å². The second-order valence-electron chi connectivity index (χ2n) is 3.52. The molecule has 0 saturated carbocycles. The molecule has 6 heteroatoms. The molecule has 5 atom stereocenters. The van der Waals surface area contributed by atoms with E-state index in [1.807, 2.05) is 0 Å². The van der Waals surface area contributed by atoms with Crippen molar-refractivity contribution in [2.45, 2.75) is 24.4 Å². The Kier molecular flexibility index (Phi) is 4.24. The van der Waals surface area contributed by atoms with E-state index in [0.29, 0.717) is 0 Å². The van der Waals surface area contributed by atoms with Gasteiger partial charge in [-0.25, -0.2) is 0 Å². The summed E-state index contributed by atoms with van der Waals surface area (Å²) in [7, 11) is 0. The highest BCUT2D eigenvalue weighted by Crippen LogP contribution is 2.16. The Bertz CT molecular complexity index is 169. The summed E-state index contributed by atoms with van der Waals surface area (Å²) in [5.41, 5.74) is 0. The van der Waals surface area contributed by atoms with Crippen LogP contribution in [0.15, 0.2) is 0 Å². The van der Waals surface area contributed by atoms with E-state index in [2.05, 4.69) is 0 Å². The first-order valence-corrected chi connectivity index (χ1v) is 4.48. The van der Waals surface area contributed by atoms with E-state index in [0.717, 1.165) is 0 Å². The standard InChI is InChI=1S/C8H16O6/c9-1-4-2-14-3-5(10)7(12)8(13)6(4)11/h4-13H,1-3H2/t4-,5+,6-,7+,8-/m1/s1. The van der Waals surface area contributed by atoms with Gasteiger partial charge in [0.25, 0.3) is 0 Å². The zero-order chi connectivity index (χ0) is 10.7. The summed E-state index contributed by atoms with van der Waals surface area (Å²) in [5, 5.41) is 46.3. The zero-order valence-electron chi connectivity index (χ0n) is 7.65. The lowest BCUT2D eigenvalue weighted by molar-refractivity contribution is -0.164. The number of hydrogen-bond donors (Lipinski definition) is 5. The first-order chi connectivity index (χ1) is 6.57. The molecule has 0 amide bonds. The van der Waals surface area contributed by atoms with Crippen LogP contribution >= 0.6 is 0 Å². The number of aliphatic hydroxyl groups is 5. The minimum absolute atomic E-state index is 0.0402. The summed E-state index contributed by atoms with van der Waals surface area (Å²) in [6.45, 7) is -0.430. The third-order valence-corrected chi connectivity index (χ3v) is 2.43. The maximum atomic E-state index is 9.47. The average molecular weight is 208 g/mol. The van der Waals surface area contributed by atoms with Crippen molar-refractivity contribution in [3.8, 4) is 0 Å². The molecule has 1 fully saturated rings. The fraction of sp³-hybridized carbons (Fsp3) is 1.00. The summed E-state index contributed by atoms with van der Waals surface area (Å²) >= 11 is 0. The largest absolute Gasteiger partial charge is 0.396 e. The van der Waals surface area contributed by atoms with Crippen LogP contribution in [0, 0.1) is 5.92 Å². The van der Waals surface area contributed by atoms with Crippen molar-refractivity contribution in [2.24, 2.45) is 5.92 Å².